The van der Waals surface area contributed by atoms with Crippen LogP contribution in [0.4, 0.5) is 5.69 Å². The van der Waals surface area contributed by atoms with Gasteiger partial charge in [-0.25, -0.2) is 0 Å². The van der Waals surface area contributed by atoms with E-state index in [0.29, 0.717) is 0 Å². The van der Waals surface area contributed by atoms with Gasteiger partial charge in [-0.2, -0.15) is 5.10 Å². The number of aromatic nitrogens is 5. The number of hydrogen-bond donors (Lipinski definition) is 1. The van der Waals surface area contributed by atoms with Crippen molar-refractivity contribution in [2.24, 2.45) is 7.05 Å². The van der Waals surface area contributed by atoms with Gasteiger partial charge in [0, 0.05) is 20.0 Å². The number of nitrogens with one attached hydrogen (secondary N) is 1. The quantitative estimate of drug-likeness (QED) is 0.859. The molecule has 0 saturated heterocycles. The van der Waals surface area contributed by atoms with Gasteiger partial charge in [-0.3, -0.25) is 9.48 Å². The number of hydrogen-bond acceptors (Lipinski definition) is 5. The molecule has 0 saturated carbocycles. The molecule has 0 spiro atoms. The molecule has 0 aliphatic carbocycles. The maximum absolute atomic E-state index is 12.6. The molecule has 8 heteroatoms. The van der Waals surface area contributed by atoms with Gasteiger partial charge in [-0.05, 0) is 33.6 Å². The minimum Gasteiger partial charge on any atom is -0.322 e. The van der Waals surface area contributed by atoms with E-state index >= 15 is 0 Å². The van der Waals surface area contributed by atoms with E-state index in [1.807, 2.05) is 27.8 Å². The zero-order valence-electron chi connectivity index (χ0n) is 14.7. The summed E-state index contributed by atoms with van der Waals surface area (Å²) >= 11 is 1.47. The molecule has 1 atom stereocenters. The van der Waals surface area contributed by atoms with Gasteiger partial charge in [-0.1, -0.05) is 18.2 Å². The smallest absolute Gasteiger partial charge is 0.237 e. The molecule has 2 aromatic heterocycles. The van der Waals surface area contributed by atoms with Crippen molar-refractivity contribution in [2.45, 2.75) is 63.4 Å². The molecule has 0 aromatic carbocycles. The van der Waals surface area contributed by atoms with E-state index in [4.69, 9.17) is 0 Å². The predicted octanol–water partition coefficient (Wildman–Crippen LogP) is 2.47. The molecule has 1 N–H and O–H groups in total. The minimum absolute atomic E-state index is 0.0369. The Morgan fingerprint density at radius 2 is 2.04 bits per heavy atom. The zero-order chi connectivity index (χ0) is 17.3. The van der Waals surface area contributed by atoms with E-state index < -0.39 is 0 Å². The molecule has 2 aromatic rings. The molecule has 0 fully saturated rings. The first-order valence-corrected chi connectivity index (χ1v) is 9.25. The average Bonchev–Trinajstić information content (AvgIpc) is 2.91. The molecule has 1 amide bonds. The average molecular weight is 348 g/mol. The lowest BCUT2D eigenvalue weighted by Crippen LogP contribution is -2.23. The summed E-state index contributed by atoms with van der Waals surface area (Å²) in [6, 6.07) is 0. The van der Waals surface area contributed by atoms with E-state index in [9.17, 15) is 4.79 Å². The number of nitrogens with zero attached hydrogens (tertiary/aromatic N) is 5. The Bertz CT molecular complexity index is 750. The van der Waals surface area contributed by atoms with E-state index in [1.165, 1.54) is 24.6 Å². The number of rotatable bonds is 4. The van der Waals surface area contributed by atoms with Gasteiger partial charge in [0.05, 0.1) is 22.3 Å². The standard InChI is InChI=1S/C16H24N6OS/c1-10-14(11(2)21(4)20-10)17-15(23)12(3)24-16-19-18-13-8-6-5-7-9-22(13)16/h12H,5-9H2,1-4H3,(H,17,23)/t12-/m0/s1. The third-order valence-corrected chi connectivity index (χ3v) is 5.56. The molecular formula is C16H24N6OS. The lowest BCUT2D eigenvalue weighted by molar-refractivity contribution is -0.115. The second kappa shape index (κ2) is 6.96. The molecule has 0 unspecified atom stereocenters. The molecule has 0 bridgehead atoms. The van der Waals surface area contributed by atoms with Gasteiger partial charge < -0.3 is 9.88 Å². The fourth-order valence-corrected chi connectivity index (χ4v) is 3.83. The van der Waals surface area contributed by atoms with Crippen molar-refractivity contribution in [2.75, 3.05) is 5.32 Å². The van der Waals surface area contributed by atoms with Crippen molar-refractivity contribution in [1.82, 2.24) is 24.5 Å². The Morgan fingerprint density at radius 1 is 1.25 bits per heavy atom. The highest BCUT2D eigenvalue weighted by Gasteiger charge is 2.22. The summed E-state index contributed by atoms with van der Waals surface area (Å²) in [7, 11) is 1.88. The van der Waals surface area contributed by atoms with Crippen molar-refractivity contribution >= 4 is 23.4 Å². The van der Waals surface area contributed by atoms with Gasteiger partial charge in [0.1, 0.15) is 5.82 Å². The summed E-state index contributed by atoms with van der Waals surface area (Å²) in [4.78, 5) is 12.6. The zero-order valence-corrected chi connectivity index (χ0v) is 15.5. The maximum Gasteiger partial charge on any atom is 0.237 e. The second-order valence-corrected chi connectivity index (χ2v) is 7.59. The Labute approximate surface area is 146 Å². The van der Waals surface area contributed by atoms with E-state index in [0.717, 1.165) is 47.4 Å². The first-order valence-electron chi connectivity index (χ1n) is 8.37. The summed E-state index contributed by atoms with van der Waals surface area (Å²) in [5.74, 6) is 1.01. The lowest BCUT2D eigenvalue weighted by atomic mass is 10.2. The summed E-state index contributed by atoms with van der Waals surface area (Å²) in [5, 5.41) is 16.5. The lowest BCUT2D eigenvalue weighted by Gasteiger charge is -2.13. The molecule has 1 aliphatic rings. The predicted molar refractivity (Wildman–Crippen MR) is 94.2 cm³/mol. The molecule has 1 aliphatic heterocycles. The van der Waals surface area contributed by atoms with Crippen LogP contribution in [0.15, 0.2) is 5.16 Å². The van der Waals surface area contributed by atoms with Gasteiger partial charge >= 0.3 is 0 Å². The Morgan fingerprint density at radius 3 is 2.75 bits per heavy atom. The van der Waals surface area contributed by atoms with Gasteiger partial charge in [-0.15, -0.1) is 10.2 Å². The molecule has 3 heterocycles. The topological polar surface area (TPSA) is 77.6 Å². The van der Waals surface area contributed by atoms with Crippen LogP contribution in [0.2, 0.25) is 0 Å². The van der Waals surface area contributed by atoms with E-state index in [1.54, 1.807) is 4.68 Å². The Kier molecular flexibility index (Phi) is 4.93. The highest BCUT2D eigenvalue weighted by Crippen LogP contribution is 2.27. The molecule has 0 radical (unpaired) electrons. The van der Waals surface area contributed by atoms with Crippen LogP contribution < -0.4 is 5.32 Å². The van der Waals surface area contributed by atoms with Crippen molar-refractivity contribution in [3.05, 3.63) is 17.2 Å². The molecule has 130 valence electrons. The van der Waals surface area contributed by atoms with Crippen molar-refractivity contribution in [3.8, 4) is 0 Å². The van der Waals surface area contributed by atoms with Crippen LogP contribution >= 0.6 is 11.8 Å². The molecule has 24 heavy (non-hydrogen) atoms. The number of amides is 1. The first-order chi connectivity index (χ1) is 11.5. The van der Waals surface area contributed by atoms with Crippen LogP contribution in [0.3, 0.4) is 0 Å². The van der Waals surface area contributed by atoms with E-state index in [-0.39, 0.29) is 11.2 Å². The summed E-state index contributed by atoms with van der Waals surface area (Å²) in [5.41, 5.74) is 2.58. The Balaban J connectivity index is 1.70. The highest BCUT2D eigenvalue weighted by molar-refractivity contribution is 8.00. The normalized spacial score (nSPS) is 15.7. The fourth-order valence-electron chi connectivity index (χ4n) is 2.94. The number of thioether (sulfide) groups is 1. The second-order valence-electron chi connectivity index (χ2n) is 6.28. The fraction of sp³-hybridized carbons (Fsp3) is 0.625. The molecule has 3 rings (SSSR count). The van der Waals surface area contributed by atoms with Gasteiger partial charge in [0.15, 0.2) is 5.16 Å². The maximum atomic E-state index is 12.6. The molecule has 7 nitrogen and oxygen atoms in total. The van der Waals surface area contributed by atoms with Crippen LogP contribution in [0.25, 0.3) is 0 Å². The van der Waals surface area contributed by atoms with Crippen LogP contribution in [0.1, 0.15) is 43.4 Å². The van der Waals surface area contributed by atoms with Crippen LogP contribution in [-0.4, -0.2) is 35.7 Å². The number of anilines is 1. The largest absolute Gasteiger partial charge is 0.322 e. The number of carbonyl (C=O) groups is 1. The van der Waals surface area contributed by atoms with Crippen molar-refractivity contribution in [3.63, 3.8) is 0 Å². The van der Waals surface area contributed by atoms with Crippen molar-refractivity contribution < 1.29 is 4.79 Å². The Hall–Kier alpha value is -1.83. The third kappa shape index (κ3) is 3.33. The third-order valence-electron chi connectivity index (χ3n) is 4.48. The number of aryl methyl sites for hydroxylation is 3. The van der Waals surface area contributed by atoms with Gasteiger partial charge in [0.2, 0.25) is 5.91 Å². The number of fused-ring (bicyclic) bond motifs is 1. The van der Waals surface area contributed by atoms with E-state index in [2.05, 4.69) is 25.2 Å². The van der Waals surface area contributed by atoms with Crippen LogP contribution in [-0.2, 0) is 24.8 Å². The van der Waals surface area contributed by atoms with Crippen LogP contribution in [0.5, 0.6) is 0 Å². The molecular weight excluding hydrogens is 324 g/mol. The van der Waals surface area contributed by atoms with Gasteiger partial charge in [0.25, 0.3) is 0 Å². The monoisotopic (exact) mass is 348 g/mol. The summed E-state index contributed by atoms with van der Waals surface area (Å²) < 4.78 is 3.95. The number of carbonyl (C=O) groups excluding carboxylic acids is 1. The first kappa shape index (κ1) is 17.0. The highest BCUT2D eigenvalue weighted by atomic mass is 32.2. The summed E-state index contributed by atoms with van der Waals surface area (Å²) in [6.07, 6.45) is 4.51. The van der Waals surface area contributed by atoms with Crippen molar-refractivity contribution in [1.29, 1.82) is 0 Å². The minimum atomic E-state index is -0.249. The summed E-state index contributed by atoms with van der Waals surface area (Å²) in [6.45, 7) is 6.70. The SMILES string of the molecule is Cc1nn(C)c(C)c1NC(=O)[C@H](C)Sc1nnc2n1CCCCC2. The van der Waals surface area contributed by atoms with Crippen LogP contribution in [0, 0.1) is 13.8 Å².